The zero-order valence-corrected chi connectivity index (χ0v) is 22.3. The summed E-state index contributed by atoms with van der Waals surface area (Å²) in [5, 5.41) is 3.37. The number of ether oxygens (including phenoxy) is 1. The van der Waals surface area contributed by atoms with Crippen LogP contribution in [-0.4, -0.2) is 15.9 Å². The predicted molar refractivity (Wildman–Crippen MR) is 138 cm³/mol. The first-order valence-corrected chi connectivity index (χ1v) is 12.4. The van der Waals surface area contributed by atoms with Gasteiger partial charge in [0.2, 0.25) is 0 Å². The van der Waals surface area contributed by atoms with Crippen molar-refractivity contribution in [3.8, 4) is 5.75 Å². The Morgan fingerprint density at radius 3 is 2.50 bits per heavy atom. The summed E-state index contributed by atoms with van der Waals surface area (Å²) in [6, 6.07) is 17.0. The van der Waals surface area contributed by atoms with Crippen molar-refractivity contribution in [3.05, 3.63) is 90.8 Å². The molecule has 2 aromatic carbocycles. The molecule has 9 heteroatoms. The first-order chi connectivity index (χ1) is 15.3. The third kappa shape index (κ3) is 5.01. The number of halogens is 3. The van der Waals surface area contributed by atoms with Gasteiger partial charge in [0, 0.05) is 10.5 Å². The highest BCUT2D eigenvalue weighted by molar-refractivity contribution is 9.11. The van der Waals surface area contributed by atoms with Crippen LogP contribution in [0.2, 0.25) is 0 Å². The van der Waals surface area contributed by atoms with E-state index in [4.69, 9.17) is 21.4 Å². The number of benzene rings is 2. The maximum absolute atomic E-state index is 13.0. The van der Waals surface area contributed by atoms with Crippen LogP contribution >= 0.6 is 60.0 Å². The lowest BCUT2D eigenvalue weighted by Crippen LogP contribution is -2.33. The summed E-state index contributed by atoms with van der Waals surface area (Å²) >= 11 is 15.8. The second-order valence-electron chi connectivity index (χ2n) is 7.04. The van der Waals surface area contributed by atoms with Gasteiger partial charge in [-0.2, -0.15) is 0 Å². The van der Waals surface area contributed by atoms with Crippen molar-refractivity contribution in [3.63, 3.8) is 0 Å². The highest BCUT2D eigenvalue weighted by Crippen LogP contribution is 2.37. The van der Waals surface area contributed by atoms with Gasteiger partial charge in [-0.15, -0.1) is 0 Å². The van der Waals surface area contributed by atoms with Crippen molar-refractivity contribution in [1.29, 1.82) is 0 Å². The van der Waals surface area contributed by atoms with Crippen LogP contribution < -0.4 is 10.1 Å². The van der Waals surface area contributed by atoms with E-state index in [0.717, 1.165) is 19.0 Å². The van der Waals surface area contributed by atoms with E-state index < -0.39 is 0 Å². The number of carbonyl (C=O) groups excluding carboxylic acids is 1. The molecule has 0 radical (unpaired) electrons. The summed E-state index contributed by atoms with van der Waals surface area (Å²) in [4.78, 5) is 14.6. The van der Waals surface area contributed by atoms with Gasteiger partial charge in [0.05, 0.1) is 15.0 Å². The van der Waals surface area contributed by atoms with E-state index in [1.165, 1.54) is 0 Å². The number of nitrogens with zero attached hydrogens (tertiary/aromatic N) is 1. The Kier molecular flexibility index (Phi) is 7.19. The molecule has 1 aromatic heterocycles. The fraction of sp³-hybridized carbons (Fsp3) is 0.130. The number of amides is 1. The van der Waals surface area contributed by atoms with E-state index in [1.807, 2.05) is 55.5 Å². The molecule has 5 nitrogen and oxygen atoms in total. The van der Waals surface area contributed by atoms with E-state index in [2.05, 4.69) is 53.1 Å². The maximum atomic E-state index is 13.0. The fourth-order valence-electron chi connectivity index (χ4n) is 3.28. The van der Waals surface area contributed by atoms with Crippen molar-refractivity contribution in [2.75, 3.05) is 0 Å². The summed E-state index contributed by atoms with van der Waals surface area (Å²) in [6.07, 6.45) is 1.65. The molecule has 1 atom stereocenters. The summed E-state index contributed by atoms with van der Waals surface area (Å²) in [5.41, 5.74) is 1.38. The van der Waals surface area contributed by atoms with E-state index in [-0.39, 0.29) is 18.6 Å². The number of hydrogen-bond donors (Lipinski definition) is 1. The molecule has 1 amide bonds. The molecule has 1 aliphatic heterocycles. The quantitative estimate of drug-likeness (QED) is 0.233. The Labute approximate surface area is 216 Å². The second kappa shape index (κ2) is 9.91. The van der Waals surface area contributed by atoms with Crippen LogP contribution in [0.15, 0.2) is 78.1 Å². The second-order valence-corrected chi connectivity index (χ2v) is 10.1. The SMILES string of the molecule is CC(c1ccccc1)N1C(=O)/C(=C/c2ccc(COc3c(Br)cc(Br)cc3Br)o2)NC1=S. The van der Waals surface area contributed by atoms with Crippen LogP contribution in [0.3, 0.4) is 0 Å². The molecule has 2 heterocycles. The van der Waals surface area contributed by atoms with Gasteiger partial charge in [-0.05, 0) is 80.8 Å². The highest BCUT2D eigenvalue weighted by Gasteiger charge is 2.35. The van der Waals surface area contributed by atoms with E-state index in [9.17, 15) is 4.79 Å². The molecular weight excluding hydrogens is 624 g/mol. The largest absolute Gasteiger partial charge is 0.483 e. The van der Waals surface area contributed by atoms with Crippen LogP contribution in [0.4, 0.5) is 0 Å². The molecule has 1 fully saturated rings. The van der Waals surface area contributed by atoms with Crippen molar-refractivity contribution in [1.82, 2.24) is 10.2 Å². The number of furan rings is 1. The molecule has 1 unspecified atom stereocenters. The number of rotatable bonds is 6. The number of thiocarbonyl (C=S) groups is 1. The molecule has 1 N–H and O–H groups in total. The monoisotopic (exact) mass is 638 g/mol. The number of hydrogen-bond acceptors (Lipinski definition) is 4. The molecule has 0 saturated carbocycles. The molecule has 0 bridgehead atoms. The fourth-order valence-corrected chi connectivity index (χ4v) is 6.12. The van der Waals surface area contributed by atoms with Gasteiger partial charge in [0.25, 0.3) is 5.91 Å². The number of nitrogens with one attached hydrogen (secondary N) is 1. The lowest BCUT2D eigenvalue weighted by molar-refractivity contribution is -0.123. The van der Waals surface area contributed by atoms with Crippen molar-refractivity contribution >= 4 is 77.1 Å². The predicted octanol–water partition coefficient (Wildman–Crippen LogP) is 6.96. The summed E-state index contributed by atoms with van der Waals surface area (Å²) < 4.78 is 14.3. The minimum Gasteiger partial charge on any atom is -0.483 e. The normalized spacial score (nSPS) is 15.9. The summed E-state index contributed by atoms with van der Waals surface area (Å²) in [5.74, 6) is 1.64. The minimum absolute atomic E-state index is 0.182. The maximum Gasteiger partial charge on any atom is 0.277 e. The van der Waals surface area contributed by atoms with Gasteiger partial charge in [0.1, 0.15) is 29.6 Å². The van der Waals surface area contributed by atoms with Crippen LogP contribution in [0.25, 0.3) is 6.08 Å². The highest BCUT2D eigenvalue weighted by atomic mass is 79.9. The third-order valence-corrected chi connectivity index (χ3v) is 6.80. The lowest BCUT2D eigenvalue weighted by Gasteiger charge is -2.23. The molecule has 3 aromatic rings. The van der Waals surface area contributed by atoms with Crippen molar-refractivity contribution < 1.29 is 13.9 Å². The Bertz CT molecular complexity index is 1190. The Balaban J connectivity index is 1.46. The topological polar surface area (TPSA) is 54.7 Å². The zero-order valence-electron chi connectivity index (χ0n) is 16.8. The summed E-state index contributed by atoms with van der Waals surface area (Å²) in [6.45, 7) is 2.18. The molecule has 4 rings (SSSR count). The first kappa shape index (κ1) is 23.2. The summed E-state index contributed by atoms with van der Waals surface area (Å²) in [7, 11) is 0. The average Bonchev–Trinajstić information content (AvgIpc) is 3.31. The zero-order chi connectivity index (χ0) is 22.8. The Morgan fingerprint density at radius 1 is 1.12 bits per heavy atom. The van der Waals surface area contributed by atoms with Crippen LogP contribution in [0.1, 0.15) is 30.0 Å². The van der Waals surface area contributed by atoms with E-state index in [1.54, 1.807) is 17.0 Å². The molecule has 1 saturated heterocycles. The standard InChI is InChI=1S/C23H17Br3N2O3S/c1-13(14-5-3-2-4-6-14)28-22(29)20(27-23(28)32)11-16-7-8-17(31-16)12-30-21-18(25)9-15(24)10-19(21)26/h2-11,13H,12H2,1H3,(H,27,32)/b20-11-. The Morgan fingerprint density at radius 2 is 1.81 bits per heavy atom. The lowest BCUT2D eigenvalue weighted by atomic mass is 10.1. The van der Waals surface area contributed by atoms with Gasteiger partial charge in [-0.25, -0.2) is 0 Å². The first-order valence-electron chi connectivity index (χ1n) is 9.60. The van der Waals surface area contributed by atoms with E-state index >= 15 is 0 Å². The van der Waals surface area contributed by atoms with Crippen molar-refractivity contribution in [2.45, 2.75) is 19.6 Å². The van der Waals surface area contributed by atoms with Gasteiger partial charge in [-0.3, -0.25) is 9.69 Å². The molecule has 1 aliphatic rings. The van der Waals surface area contributed by atoms with Gasteiger partial charge < -0.3 is 14.5 Å². The van der Waals surface area contributed by atoms with Crippen LogP contribution in [0.5, 0.6) is 5.75 Å². The van der Waals surface area contributed by atoms with Crippen molar-refractivity contribution in [2.24, 2.45) is 0 Å². The van der Waals surface area contributed by atoms with Gasteiger partial charge >= 0.3 is 0 Å². The van der Waals surface area contributed by atoms with E-state index in [0.29, 0.717) is 28.1 Å². The Hall–Kier alpha value is -1.94. The molecule has 32 heavy (non-hydrogen) atoms. The van der Waals surface area contributed by atoms with Crippen LogP contribution in [0, 0.1) is 0 Å². The molecular formula is C23H17Br3N2O3S. The third-order valence-electron chi connectivity index (χ3n) is 4.87. The van der Waals surface area contributed by atoms with Crippen LogP contribution in [-0.2, 0) is 11.4 Å². The molecule has 164 valence electrons. The number of carbonyl (C=O) groups is 1. The minimum atomic E-state index is -0.191. The van der Waals surface area contributed by atoms with Gasteiger partial charge in [-0.1, -0.05) is 46.3 Å². The van der Waals surface area contributed by atoms with Gasteiger partial charge in [0.15, 0.2) is 5.11 Å². The smallest absolute Gasteiger partial charge is 0.277 e. The molecule has 0 aliphatic carbocycles. The average molecular weight is 641 g/mol. The molecule has 0 spiro atoms.